The second-order valence-electron chi connectivity index (χ2n) is 19.7. The van der Waals surface area contributed by atoms with Crippen molar-refractivity contribution in [2.75, 3.05) is 0 Å². The molecule has 310 valence electrons. The summed E-state index contributed by atoms with van der Waals surface area (Å²) in [6.07, 6.45) is 31.5. The van der Waals surface area contributed by atoms with E-state index in [0.29, 0.717) is 5.92 Å². The minimum Gasteiger partial charge on any atom is -0.309 e. The second kappa shape index (κ2) is 14.2. The molecular weight excluding hydrogens is 773 g/mol. The van der Waals surface area contributed by atoms with E-state index in [1.165, 1.54) is 132 Å². The zero-order valence-corrected chi connectivity index (χ0v) is 36.5. The average molecular weight is 825 g/mol. The monoisotopic (exact) mass is 824 g/mol. The Morgan fingerprint density at radius 1 is 0.484 bits per heavy atom. The Morgan fingerprint density at radius 3 is 1.69 bits per heavy atom. The van der Waals surface area contributed by atoms with E-state index in [4.69, 9.17) is 0 Å². The first-order chi connectivity index (χ1) is 31.7. The van der Waals surface area contributed by atoms with Gasteiger partial charge in [0.1, 0.15) is 0 Å². The van der Waals surface area contributed by atoms with Crippen molar-refractivity contribution in [1.29, 1.82) is 0 Å². The van der Waals surface area contributed by atoms with Crippen molar-refractivity contribution in [2.24, 2.45) is 11.3 Å². The van der Waals surface area contributed by atoms with Crippen LogP contribution >= 0.6 is 0 Å². The van der Waals surface area contributed by atoms with Gasteiger partial charge in [-0.15, -0.1) is 0 Å². The van der Waals surface area contributed by atoms with Gasteiger partial charge in [0.2, 0.25) is 0 Å². The highest BCUT2D eigenvalue weighted by Crippen LogP contribution is 2.64. The van der Waals surface area contributed by atoms with Gasteiger partial charge in [0.15, 0.2) is 0 Å². The van der Waals surface area contributed by atoms with E-state index < -0.39 is 0 Å². The van der Waals surface area contributed by atoms with Crippen LogP contribution in [0.5, 0.6) is 0 Å². The Balaban J connectivity index is 0.839. The van der Waals surface area contributed by atoms with Crippen molar-refractivity contribution < 1.29 is 0 Å². The van der Waals surface area contributed by atoms with Crippen LogP contribution in [0.3, 0.4) is 0 Å². The van der Waals surface area contributed by atoms with Crippen molar-refractivity contribution in [2.45, 2.75) is 77.0 Å². The third kappa shape index (κ3) is 5.44. The quantitative estimate of drug-likeness (QED) is 0.167. The summed E-state index contributed by atoms with van der Waals surface area (Å²) in [7, 11) is 0. The Morgan fingerprint density at radius 2 is 1.06 bits per heavy atom. The fourth-order valence-corrected chi connectivity index (χ4v) is 13.4. The number of rotatable bonds is 4. The van der Waals surface area contributed by atoms with E-state index in [9.17, 15) is 0 Å². The summed E-state index contributed by atoms with van der Waals surface area (Å²) >= 11 is 0. The van der Waals surface area contributed by atoms with Crippen molar-refractivity contribution in [1.82, 2.24) is 9.13 Å². The molecule has 64 heavy (non-hydrogen) atoms. The molecular formula is C62H52N2. The molecule has 14 rings (SSSR count). The molecule has 1 atom stereocenters. The molecule has 1 spiro atoms. The van der Waals surface area contributed by atoms with Crippen LogP contribution in [0, 0.1) is 11.3 Å². The molecule has 6 aliphatic rings. The van der Waals surface area contributed by atoms with Gasteiger partial charge in [-0.1, -0.05) is 122 Å². The topological polar surface area (TPSA) is 9.86 Å². The van der Waals surface area contributed by atoms with Crippen LogP contribution in [0.1, 0.15) is 97.6 Å². The standard InChI is InChI=1S/C62H52N2/c1-10-32-62(33-11-1)56-38-46(44-24-30-60-54(36-44)52-16-6-8-18-58(52)63(60)48-26-20-40-12-2-4-14-42(40)34-48)22-28-50(56)51-29-23-47(39-57(51)62)45-25-31-61-55(37-45)53-17-7-9-19-59(53)64(61)49-27-21-41-13-3-5-15-43(41)35-49/h4-9,14-22,24-28,30-31,34-37,39,56H,1-3,10-13,23,29,32-33,38H2. The maximum Gasteiger partial charge on any atom is 0.0541 e. The van der Waals surface area contributed by atoms with Gasteiger partial charge in [0.05, 0.1) is 22.1 Å². The van der Waals surface area contributed by atoms with Crippen molar-refractivity contribution >= 4 is 66.9 Å². The molecule has 6 aliphatic carbocycles. The summed E-state index contributed by atoms with van der Waals surface area (Å²) in [6, 6.07) is 46.9. The van der Waals surface area contributed by atoms with Gasteiger partial charge in [-0.3, -0.25) is 0 Å². The van der Waals surface area contributed by atoms with Gasteiger partial charge < -0.3 is 9.13 Å². The number of hydrogen-bond acceptors (Lipinski definition) is 0. The first kappa shape index (κ1) is 36.8. The molecule has 2 aromatic heterocycles. The van der Waals surface area contributed by atoms with Crippen LogP contribution in [-0.4, -0.2) is 9.13 Å². The van der Waals surface area contributed by atoms with Crippen LogP contribution in [0.4, 0.5) is 0 Å². The van der Waals surface area contributed by atoms with Crippen LogP contribution in [0.25, 0.3) is 78.3 Å². The van der Waals surface area contributed by atoms with Crippen LogP contribution in [0.15, 0.2) is 168 Å². The van der Waals surface area contributed by atoms with Gasteiger partial charge in [0, 0.05) is 38.3 Å². The molecule has 8 aromatic rings. The Hall–Kier alpha value is -6.64. The minimum atomic E-state index is 0.215. The van der Waals surface area contributed by atoms with E-state index in [2.05, 4.69) is 173 Å². The van der Waals surface area contributed by atoms with Crippen LogP contribution in [-0.2, 0) is 12.8 Å². The molecule has 2 nitrogen and oxygen atoms in total. The zero-order chi connectivity index (χ0) is 41.9. The summed E-state index contributed by atoms with van der Waals surface area (Å²) in [6.45, 7) is 0. The number of hydrogen-bond donors (Lipinski definition) is 0. The van der Waals surface area contributed by atoms with E-state index in [1.54, 1.807) is 16.7 Å². The van der Waals surface area contributed by atoms with Gasteiger partial charge in [0.25, 0.3) is 0 Å². The molecule has 0 radical (unpaired) electrons. The van der Waals surface area contributed by atoms with Crippen LogP contribution < -0.4 is 0 Å². The summed E-state index contributed by atoms with van der Waals surface area (Å²) in [5.74, 6) is 0.543. The van der Waals surface area contributed by atoms with Gasteiger partial charge >= 0.3 is 0 Å². The van der Waals surface area contributed by atoms with E-state index in [1.807, 2.05) is 0 Å². The molecule has 0 bridgehead atoms. The summed E-state index contributed by atoms with van der Waals surface area (Å²) < 4.78 is 4.98. The Kier molecular flexibility index (Phi) is 8.16. The predicted octanol–water partition coefficient (Wildman–Crippen LogP) is 16.3. The lowest BCUT2D eigenvalue weighted by molar-refractivity contribution is 0.184. The van der Waals surface area contributed by atoms with Crippen molar-refractivity contribution in [3.05, 3.63) is 202 Å². The number of benzene rings is 6. The third-order valence-corrected chi connectivity index (χ3v) is 16.5. The van der Waals surface area contributed by atoms with E-state index in [0.717, 1.165) is 44.9 Å². The number of fused-ring (bicyclic) bond motifs is 12. The lowest BCUT2D eigenvalue weighted by Gasteiger charge is -2.43. The molecule has 1 unspecified atom stereocenters. The van der Waals surface area contributed by atoms with Gasteiger partial charge in [-0.25, -0.2) is 0 Å². The minimum absolute atomic E-state index is 0.215. The predicted molar refractivity (Wildman–Crippen MR) is 270 cm³/mol. The third-order valence-electron chi connectivity index (χ3n) is 16.5. The Bertz CT molecular complexity index is 3500. The first-order valence-corrected chi connectivity index (χ1v) is 24.2. The molecule has 6 aromatic carbocycles. The number of allylic oxidation sites excluding steroid dienone is 10. The summed E-state index contributed by atoms with van der Waals surface area (Å²) in [5, 5.41) is 5.37. The number of aromatic nitrogens is 2. The highest BCUT2D eigenvalue weighted by molar-refractivity contribution is 6.11. The summed E-state index contributed by atoms with van der Waals surface area (Å²) in [4.78, 5) is 0. The number of nitrogens with zero attached hydrogens (tertiary/aromatic N) is 2. The van der Waals surface area contributed by atoms with Crippen LogP contribution in [0.2, 0.25) is 0 Å². The zero-order valence-electron chi connectivity index (χ0n) is 36.5. The number of para-hydroxylation sites is 2. The molecule has 2 heteroatoms. The molecule has 0 saturated heterocycles. The van der Waals surface area contributed by atoms with Crippen molar-refractivity contribution in [3.63, 3.8) is 0 Å². The maximum absolute atomic E-state index is 2.70. The number of aryl methyl sites for hydroxylation is 2. The molecule has 0 amide bonds. The first-order valence-electron chi connectivity index (χ1n) is 24.2. The fraction of sp³-hybridized carbons (Fsp3) is 0.226. The highest BCUT2D eigenvalue weighted by Gasteiger charge is 2.51. The van der Waals surface area contributed by atoms with E-state index >= 15 is 0 Å². The fourth-order valence-electron chi connectivity index (χ4n) is 13.4. The van der Waals surface area contributed by atoms with Gasteiger partial charge in [-0.05, 0) is 186 Å². The smallest absolute Gasteiger partial charge is 0.0541 e. The molecule has 0 N–H and O–H groups in total. The molecule has 2 heterocycles. The molecule has 0 aliphatic heterocycles. The van der Waals surface area contributed by atoms with Crippen molar-refractivity contribution in [3.8, 4) is 11.4 Å². The SMILES string of the molecule is C1=Cc2cc(-n3c4ccccc4c4cc(C5=CC6=C(CC5)C5=CC=C(c7ccc8c(c7)c7ccccc7n8-c7ccc8c(c7)C=CCC8)CC5C65CCCCC5)ccc43)ccc2CC1. The summed E-state index contributed by atoms with van der Waals surface area (Å²) in [5.41, 5.74) is 24.3. The average Bonchev–Trinajstić information content (AvgIpc) is 3.96. The normalized spacial score (nSPS) is 19.8. The molecule has 1 fully saturated rings. The largest absolute Gasteiger partial charge is 0.309 e. The molecule has 1 saturated carbocycles. The lowest BCUT2D eigenvalue weighted by Crippen LogP contribution is -2.32. The van der Waals surface area contributed by atoms with Gasteiger partial charge in [-0.2, -0.15) is 0 Å². The Labute approximate surface area is 375 Å². The lowest BCUT2D eigenvalue weighted by atomic mass is 9.61. The van der Waals surface area contributed by atoms with E-state index in [-0.39, 0.29) is 5.41 Å². The maximum atomic E-state index is 2.70. The second-order valence-corrected chi connectivity index (χ2v) is 19.7. The highest BCUT2D eigenvalue weighted by atomic mass is 15.0.